The van der Waals surface area contributed by atoms with Gasteiger partial charge >= 0.3 is 0 Å². The predicted octanol–water partition coefficient (Wildman–Crippen LogP) is 3.08. The summed E-state index contributed by atoms with van der Waals surface area (Å²) in [5.41, 5.74) is 1.58. The Hall–Kier alpha value is -1.74. The van der Waals surface area contributed by atoms with Gasteiger partial charge in [0.05, 0.1) is 18.0 Å². The number of carbonyl (C=O) groups excluding carboxylic acids is 1. The average Bonchev–Trinajstić information content (AvgIpc) is 3.14. The van der Waals surface area contributed by atoms with E-state index in [-0.39, 0.29) is 16.8 Å². The van der Waals surface area contributed by atoms with Crippen molar-refractivity contribution in [3.63, 3.8) is 0 Å². The van der Waals surface area contributed by atoms with Crippen molar-refractivity contribution in [2.45, 2.75) is 30.7 Å². The molecule has 0 saturated carbocycles. The van der Waals surface area contributed by atoms with Gasteiger partial charge in [0.1, 0.15) is 0 Å². The van der Waals surface area contributed by atoms with E-state index in [2.05, 4.69) is 18.4 Å². The summed E-state index contributed by atoms with van der Waals surface area (Å²) in [4.78, 5) is 21.1. The molecule has 2 heterocycles. The molecule has 1 aromatic carbocycles. The van der Waals surface area contributed by atoms with Crippen LogP contribution >= 0.6 is 11.3 Å². The third-order valence-corrected chi connectivity index (χ3v) is 7.39. The Morgan fingerprint density at radius 2 is 2.15 bits per heavy atom. The lowest BCUT2D eigenvalue weighted by Gasteiger charge is -2.35. The molecule has 6 nitrogen and oxygen atoms in total. The Kier molecular flexibility index (Phi) is 5.47. The Labute approximate surface area is 158 Å². The first-order chi connectivity index (χ1) is 12.4. The molecular formula is C18H22N2O4S2. The van der Waals surface area contributed by atoms with Crippen molar-refractivity contribution in [1.82, 2.24) is 9.37 Å². The fourth-order valence-electron chi connectivity index (χ4n) is 3.28. The molecule has 2 aromatic rings. The van der Waals surface area contributed by atoms with Crippen molar-refractivity contribution in [3.05, 3.63) is 51.7 Å². The van der Waals surface area contributed by atoms with E-state index in [4.69, 9.17) is 4.84 Å². The number of benzene rings is 1. The van der Waals surface area contributed by atoms with Gasteiger partial charge in [-0.05, 0) is 48.1 Å². The van der Waals surface area contributed by atoms with Crippen LogP contribution in [0, 0.1) is 0 Å². The van der Waals surface area contributed by atoms with Gasteiger partial charge in [-0.3, -0.25) is 9.63 Å². The molecule has 0 radical (unpaired) electrons. The minimum atomic E-state index is -3.79. The minimum absolute atomic E-state index is 0.0272. The van der Waals surface area contributed by atoms with Crippen molar-refractivity contribution in [2.75, 3.05) is 20.7 Å². The van der Waals surface area contributed by atoms with Crippen LogP contribution < -0.4 is 0 Å². The largest absolute Gasteiger partial charge is 0.331 e. The zero-order valence-electron chi connectivity index (χ0n) is 15.0. The molecular weight excluding hydrogens is 372 g/mol. The molecule has 1 aliphatic rings. The van der Waals surface area contributed by atoms with Gasteiger partial charge in [0, 0.05) is 24.0 Å². The molecule has 0 bridgehead atoms. The van der Waals surface area contributed by atoms with Crippen molar-refractivity contribution in [1.29, 1.82) is 0 Å². The number of hydrogen-bond donors (Lipinski definition) is 0. The smallest absolute Gasteiger partial charge is 0.264 e. The first-order valence-corrected chi connectivity index (χ1v) is 10.7. The number of amides is 1. The molecule has 0 saturated heterocycles. The van der Waals surface area contributed by atoms with Crippen molar-refractivity contribution >= 4 is 27.3 Å². The molecule has 0 spiro atoms. The third kappa shape index (κ3) is 3.29. The second-order valence-electron chi connectivity index (χ2n) is 6.10. The number of thiophene rings is 1. The fraction of sp³-hybridized carbons (Fsp3) is 0.389. The van der Waals surface area contributed by atoms with E-state index in [0.29, 0.717) is 12.1 Å². The van der Waals surface area contributed by atoms with E-state index < -0.39 is 10.0 Å². The van der Waals surface area contributed by atoms with Crippen LogP contribution in [0.5, 0.6) is 0 Å². The molecule has 26 heavy (non-hydrogen) atoms. The standard InChI is InChI=1S/C18H22N2O4S2/c1-4-16-15-9-11-25-17(15)8-10-20(16)18(21)13-6-5-7-14(12-13)26(22,23)19(2)24-3/h5-7,9,11-12,16H,4,8,10H2,1-3H3. The summed E-state index contributed by atoms with van der Waals surface area (Å²) >= 11 is 1.73. The normalized spacial score (nSPS) is 17.4. The quantitative estimate of drug-likeness (QED) is 0.731. The zero-order chi connectivity index (χ0) is 18.9. The summed E-state index contributed by atoms with van der Waals surface area (Å²) in [7, 11) is -1.19. The van der Waals surface area contributed by atoms with Crippen molar-refractivity contribution in [3.8, 4) is 0 Å². The van der Waals surface area contributed by atoms with E-state index in [1.807, 2.05) is 4.90 Å². The van der Waals surface area contributed by atoms with Gasteiger partial charge in [0.15, 0.2) is 0 Å². The van der Waals surface area contributed by atoms with Gasteiger partial charge in [-0.2, -0.15) is 0 Å². The lowest BCUT2D eigenvalue weighted by atomic mass is 9.97. The maximum Gasteiger partial charge on any atom is 0.264 e. The fourth-order valence-corrected chi connectivity index (χ4v) is 5.23. The van der Waals surface area contributed by atoms with Crippen LogP contribution in [0.2, 0.25) is 0 Å². The van der Waals surface area contributed by atoms with Crippen LogP contribution in [0.15, 0.2) is 40.6 Å². The molecule has 0 fully saturated rings. The number of hydrogen-bond acceptors (Lipinski definition) is 5. The summed E-state index contributed by atoms with van der Waals surface area (Å²) in [5, 5.41) is 2.06. The highest BCUT2D eigenvalue weighted by atomic mass is 32.2. The summed E-state index contributed by atoms with van der Waals surface area (Å²) in [6.45, 7) is 2.70. The van der Waals surface area contributed by atoms with E-state index >= 15 is 0 Å². The first-order valence-electron chi connectivity index (χ1n) is 8.40. The zero-order valence-corrected chi connectivity index (χ0v) is 16.6. The monoisotopic (exact) mass is 394 g/mol. The molecule has 3 rings (SSSR count). The molecule has 1 amide bonds. The predicted molar refractivity (Wildman–Crippen MR) is 100 cm³/mol. The summed E-state index contributed by atoms with van der Waals surface area (Å²) in [5.74, 6) is -0.147. The summed E-state index contributed by atoms with van der Waals surface area (Å²) < 4.78 is 25.7. The Morgan fingerprint density at radius 1 is 1.38 bits per heavy atom. The van der Waals surface area contributed by atoms with Crippen LogP contribution in [-0.2, 0) is 21.3 Å². The molecule has 1 unspecified atom stereocenters. The van der Waals surface area contributed by atoms with Gasteiger partial charge < -0.3 is 4.90 Å². The highest BCUT2D eigenvalue weighted by molar-refractivity contribution is 7.89. The molecule has 1 aliphatic heterocycles. The van der Waals surface area contributed by atoms with Crippen LogP contribution in [0.3, 0.4) is 0 Å². The first kappa shape index (κ1) is 19.0. The molecule has 0 aliphatic carbocycles. The van der Waals surface area contributed by atoms with E-state index in [9.17, 15) is 13.2 Å². The SMILES string of the molecule is CCC1c2ccsc2CCN1C(=O)c1cccc(S(=O)(=O)N(C)OC)c1. The summed E-state index contributed by atoms with van der Waals surface area (Å²) in [6, 6.07) is 8.24. The average molecular weight is 395 g/mol. The van der Waals surface area contributed by atoms with Crippen LogP contribution in [0.25, 0.3) is 0 Å². The topological polar surface area (TPSA) is 66.9 Å². The maximum atomic E-state index is 13.1. The second kappa shape index (κ2) is 7.48. The van der Waals surface area contributed by atoms with Gasteiger partial charge in [-0.25, -0.2) is 8.42 Å². The van der Waals surface area contributed by atoms with E-state index in [1.165, 1.54) is 36.7 Å². The Bertz CT molecular complexity index is 907. The third-order valence-electron chi connectivity index (χ3n) is 4.72. The molecule has 0 N–H and O–H groups in total. The number of hydroxylamine groups is 1. The second-order valence-corrected chi connectivity index (χ2v) is 9.03. The van der Waals surface area contributed by atoms with Gasteiger partial charge in [-0.15, -0.1) is 11.3 Å². The lowest BCUT2D eigenvalue weighted by Crippen LogP contribution is -2.39. The van der Waals surface area contributed by atoms with Crippen LogP contribution in [-0.4, -0.2) is 44.4 Å². The number of nitrogens with zero attached hydrogens (tertiary/aromatic N) is 2. The summed E-state index contributed by atoms with van der Waals surface area (Å²) in [6.07, 6.45) is 1.65. The minimum Gasteiger partial charge on any atom is -0.331 e. The number of rotatable bonds is 5. The number of fused-ring (bicyclic) bond motifs is 1. The van der Waals surface area contributed by atoms with Gasteiger partial charge in [0.2, 0.25) is 0 Å². The molecule has 140 valence electrons. The number of carbonyl (C=O) groups is 1. The molecule has 1 aromatic heterocycles. The van der Waals surface area contributed by atoms with E-state index in [0.717, 1.165) is 17.3 Å². The van der Waals surface area contributed by atoms with Gasteiger partial charge in [-0.1, -0.05) is 17.5 Å². The van der Waals surface area contributed by atoms with Gasteiger partial charge in [0.25, 0.3) is 15.9 Å². The number of sulfonamides is 1. The highest BCUT2D eigenvalue weighted by Crippen LogP contribution is 2.36. The van der Waals surface area contributed by atoms with E-state index in [1.54, 1.807) is 23.5 Å². The van der Waals surface area contributed by atoms with Crippen molar-refractivity contribution < 1.29 is 18.0 Å². The Balaban J connectivity index is 1.93. The molecule has 8 heteroatoms. The lowest BCUT2D eigenvalue weighted by molar-refractivity contribution is -0.0258. The maximum absolute atomic E-state index is 13.1. The van der Waals surface area contributed by atoms with Crippen LogP contribution in [0.4, 0.5) is 0 Å². The molecule has 1 atom stereocenters. The highest BCUT2D eigenvalue weighted by Gasteiger charge is 2.31. The van der Waals surface area contributed by atoms with Crippen LogP contribution in [0.1, 0.15) is 40.2 Å². The Morgan fingerprint density at radius 3 is 2.85 bits per heavy atom. The van der Waals surface area contributed by atoms with Crippen molar-refractivity contribution in [2.24, 2.45) is 0 Å².